The monoisotopic (exact) mass is 286 g/mol. The number of aromatic amines is 1. The van der Waals surface area contributed by atoms with Crippen LogP contribution in [0.25, 0.3) is 0 Å². The van der Waals surface area contributed by atoms with E-state index >= 15 is 0 Å². The summed E-state index contributed by atoms with van der Waals surface area (Å²) in [5, 5.41) is 0. The number of sulfonamides is 1. The molecular formula is C12H22N4O2S. The van der Waals surface area contributed by atoms with Crippen molar-refractivity contribution in [3.63, 3.8) is 0 Å². The molecule has 0 saturated carbocycles. The van der Waals surface area contributed by atoms with Gasteiger partial charge in [-0.05, 0) is 32.0 Å². The lowest BCUT2D eigenvalue weighted by Gasteiger charge is -2.31. The quantitative estimate of drug-likeness (QED) is 0.723. The first-order chi connectivity index (χ1) is 9.05. The zero-order chi connectivity index (χ0) is 13.9. The summed E-state index contributed by atoms with van der Waals surface area (Å²) in [7, 11) is -3.44. The SMILES string of the molecule is CCN1CCCC(NS(=O)(=O)c2c[nH]c(CN)c2)C1. The molecule has 1 atom stereocenters. The molecule has 2 heterocycles. The van der Waals surface area contributed by atoms with Gasteiger partial charge < -0.3 is 15.6 Å². The van der Waals surface area contributed by atoms with Crippen molar-refractivity contribution in [3.8, 4) is 0 Å². The molecule has 4 N–H and O–H groups in total. The molecule has 1 aliphatic heterocycles. The fourth-order valence-corrected chi connectivity index (χ4v) is 3.70. The van der Waals surface area contributed by atoms with Gasteiger partial charge in [0.25, 0.3) is 0 Å². The number of nitrogens with zero attached hydrogens (tertiary/aromatic N) is 1. The van der Waals surface area contributed by atoms with Crippen molar-refractivity contribution < 1.29 is 8.42 Å². The summed E-state index contributed by atoms with van der Waals surface area (Å²) >= 11 is 0. The summed E-state index contributed by atoms with van der Waals surface area (Å²) in [4.78, 5) is 5.39. The highest BCUT2D eigenvalue weighted by Gasteiger charge is 2.25. The van der Waals surface area contributed by atoms with E-state index in [4.69, 9.17) is 5.73 Å². The smallest absolute Gasteiger partial charge is 0.242 e. The number of nitrogens with two attached hydrogens (primary N) is 1. The Kier molecular flexibility index (Phi) is 4.62. The average Bonchev–Trinajstić information content (AvgIpc) is 2.88. The Bertz CT molecular complexity index is 512. The standard InChI is InChI=1S/C12H22N4O2S/c1-2-16-5-3-4-10(9-16)15-19(17,18)12-6-11(7-13)14-8-12/h6,8,10,14-15H,2-5,7,9,13H2,1H3. The molecular weight excluding hydrogens is 264 g/mol. The zero-order valence-electron chi connectivity index (χ0n) is 11.2. The topological polar surface area (TPSA) is 91.2 Å². The largest absolute Gasteiger partial charge is 0.363 e. The molecule has 0 aliphatic carbocycles. The summed E-state index contributed by atoms with van der Waals surface area (Å²) in [6.45, 7) is 5.19. The molecule has 1 fully saturated rings. The highest BCUT2D eigenvalue weighted by Crippen LogP contribution is 2.15. The first-order valence-electron chi connectivity index (χ1n) is 6.67. The Labute approximate surface area is 114 Å². The number of H-pyrrole nitrogens is 1. The Balaban J connectivity index is 2.04. The Morgan fingerprint density at radius 3 is 3.00 bits per heavy atom. The molecule has 6 nitrogen and oxygen atoms in total. The van der Waals surface area contributed by atoms with Gasteiger partial charge in [0.2, 0.25) is 10.0 Å². The number of rotatable bonds is 5. The summed E-state index contributed by atoms with van der Waals surface area (Å²) in [5.41, 5.74) is 6.20. The van der Waals surface area contributed by atoms with Crippen molar-refractivity contribution in [2.75, 3.05) is 19.6 Å². The van der Waals surface area contributed by atoms with E-state index in [1.165, 1.54) is 6.20 Å². The molecule has 0 spiro atoms. The lowest BCUT2D eigenvalue weighted by molar-refractivity contribution is 0.211. The lowest BCUT2D eigenvalue weighted by atomic mass is 10.1. The molecule has 1 unspecified atom stereocenters. The van der Waals surface area contributed by atoms with Gasteiger partial charge in [-0.15, -0.1) is 0 Å². The molecule has 0 amide bonds. The van der Waals surface area contributed by atoms with Gasteiger partial charge in [-0.2, -0.15) is 0 Å². The molecule has 0 radical (unpaired) electrons. The minimum Gasteiger partial charge on any atom is -0.363 e. The number of likely N-dealkylation sites (tertiary alicyclic amines) is 1. The molecule has 2 rings (SSSR count). The first kappa shape index (κ1) is 14.5. The van der Waals surface area contributed by atoms with Crippen LogP contribution in [0.5, 0.6) is 0 Å². The molecule has 1 aromatic heterocycles. The van der Waals surface area contributed by atoms with E-state index in [1.54, 1.807) is 6.07 Å². The van der Waals surface area contributed by atoms with Crippen LogP contribution in [-0.4, -0.2) is 44.0 Å². The second kappa shape index (κ2) is 6.04. The van der Waals surface area contributed by atoms with Gasteiger partial charge in [-0.25, -0.2) is 13.1 Å². The van der Waals surface area contributed by atoms with Gasteiger partial charge in [-0.3, -0.25) is 0 Å². The number of hydrogen-bond acceptors (Lipinski definition) is 4. The summed E-state index contributed by atoms with van der Waals surface area (Å²) in [5.74, 6) is 0. The summed E-state index contributed by atoms with van der Waals surface area (Å²) < 4.78 is 27.3. The van der Waals surface area contributed by atoms with Crippen LogP contribution in [0.3, 0.4) is 0 Å². The predicted octanol–water partition coefficient (Wildman–Crippen LogP) is 0.236. The van der Waals surface area contributed by atoms with E-state index in [1.807, 2.05) is 0 Å². The van der Waals surface area contributed by atoms with Crippen LogP contribution in [0.4, 0.5) is 0 Å². The Morgan fingerprint density at radius 2 is 2.37 bits per heavy atom. The van der Waals surface area contributed by atoms with E-state index in [2.05, 4.69) is 21.5 Å². The Hall–Kier alpha value is -0.890. The molecule has 1 aliphatic rings. The molecule has 0 bridgehead atoms. The second-order valence-corrected chi connectivity index (χ2v) is 6.63. The molecule has 7 heteroatoms. The van der Waals surface area contributed by atoms with Crippen LogP contribution in [0.2, 0.25) is 0 Å². The zero-order valence-corrected chi connectivity index (χ0v) is 12.0. The van der Waals surface area contributed by atoms with Gasteiger partial charge in [0.1, 0.15) is 0 Å². The van der Waals surface area contributed by atoms with Crippen LogP contribution in [0, 0.1) is 0 Å². The highest BCUT2D eigenvalue weighted by molar-refractivity contribution is 7.89. The average molecular weight is 286 g/mol. The number of likely N-dealkylation sites (N-methyl/N-ethyl adjacent to an activating group) is 1. The third-order valence-corrected chi connectivity index (χ3v) is 5.02. The van der Waals surface area contributed by atoms with Crippen molar-refractivity contribution in [1.82, 2.24) is 14.6 Å². The summed E-state index contributed by atoms with van der Waals surface area (Å²) in [6.07, 6.45) is 3.41. The van der Waals surface area contributed by atoms with Crippen molar-refractivity contribution in [2.45, 2.75) is 37.2 Å². The lowest BCUT2D eigenvalue weighted by Crippen LogP contribution is -2.47. The first-order valence-corrected chi connectivity index (χ1v) is 8.15. The van der Waals surface area contributed by atoms with Crippen molar-refractivity contribution in [1.29, 1.82) is 0 Å². The normalized spacial score (nSPS) is 21.7. The Morgan fingerprint density at radius 1 is 1.58 bits per heavy atom. The van der Waals surface area contributed by atoms with Gasteiger partial charge in [0.15, 0.2) is 0 Å². The van der Waals surface area contributed by atoms with Crippen LogP contribution in [-0.2, 0) is 16.6 Å². The molecule has 1 saturated heterocycles. The van der Waals surface area contributed by atoms with Crippen LogP contribution >= 0.6 is 0 Å². The van der Waals surface area contributed by atoms with E-state index in [9.17, 15) is 8.42 Å². The molecule has 0 aromatic carbocycles. The van der Waals surface area contributed by atoms with Crippen LogP contribution in [0.1, 0.15) is 25.5 Å². The van der Waals surface area contributed by atoms with E-state index in [0.717, 1.165) is 38.2 Å². The molecule has 19 heavy (non-hydrogen) atoms. The van der Waals surface area contributed by atoms with Gasteiger partial charge >= 0.3 is 0 Å². The number of nitrogens with one attached hydrogen (secondary N) is 2. The van der Waals surface area contributed by atoms with Crippen LogP contribution < -0.4 is 10.5 Å². The maximum Gasteiger partial charge on any atom is 0.242 e. The fourth-order valence-electron chi connectivity index (χ4n) is 2.42. The van der Waals surface area contributed by atoms with Crippen LogP contribution in [0.15, 0.2) is 17.2 Å². The van der Waals surface area contributed by atoms with Gasteiger partial charge in [0.05, 0.1) is 4.90 Å². The molecule has 1 aromatic rings. The van der Waals surface area contributed by atoms with Gasteiger partial charge in [0, 0.05) is 31.0 Å². The fraction of sp³-hybridized carbons (Fsp3) is 0.667. The minimum atomic E-state index is -3.44. The third-order valence-electron chi connectivity index (χ3n) is 3.52. The summed E-state index contributed by atoms with van der Waals surface area (Å²) in [6, 6.07) is 1.58. The number of piperidine rings is 1. The third kappa shape index (κ3) is 3.56. The van der Waals surface area contributed by atoms with E-state index < -0.39 is 10.0 Å². The maximum absolute atomic E-state index is 12.2. The number of hydrogen-bond donors (Lipinski definition) is 3. The highest BCUT2D eigenvalue weighted by atomic mass is 32.2. The minimum absolute atomic E-state index is 0.00470. The predicted molar refractivity (Wildman–Crippen MR) is 74.1 cm³/mol. The van der Waals surface area contributed by atoms with Crippen molar-refractivity contribution in [2.24, 2.45) is 5.73 Å². The second-order valence-electron chi connectivity index (χ2n) is 4.92. The molecule has 108 valence electrons. The maximum atomic E-state index is 12.2. The number of aromatic nitrogens is 1. The van der Waals surface area contributed by atoms with E-state index in [0.29, 0.717) is 6.54 Å². The van der Waals surface area contributed by atoms with Gasteiger partial charge in [-0.1, -0.05) is 6.92 Å². The van der Waals surface area contributed by atoms with E-state index in [-0.39, 0.29) is 10.9 Å². The van der Waals surface area contributed by atoms with Crippen molar-refractivity contribution in [3.05, 3.63) is 18.0 Å². The van der Waals surface area contributed by atoms with Crippen molar-refractivity contribution >= 4 is 10.0 Å².